The predicted molar refractivity (Wildman–Crippen MR) is 99.0 cm³/mol. The van der Waals surface area contributed by atoms with Gasteiger partial charge in [-0.3, -0.25) is 4.79 Å². The minimum absolute atomic E-state index is 0.0513. The third-order valence-electron chi connectivity index (χ3n) is 3.87. The van der Waals surface area contributed by atoms with E-state index in [1.165, 1.54) is 24.3 Å². The van der Waals surface area contributed by atoms with E-state index in [-0.39, 0.29) is 22.8 Å². The molecule has 0 bridgehead atoms. The molecular weight excluding hydrogens is 355 g/mol. The highest BCUT2D eigenvalue weighted by Gasteiger charge is 2.15. The van der Waals surface area contributed by atoms with Crippen molar-refractivity contribution in [2.24, 2.45) is 0 Å². The Morgan fingerprint density at radius 2 is 1.85 bits per heavy atom. The van der Waals surface area contributed by atoms with E-state index in [4.69, 9.17) is 0 Å². The molecule has 0 atom stereocenters. The lowest BCUT2D eigenvalue weighted by Crippen LogP contribution is -2.27. The molecular formula is C19H23FN2O3S. The predicted octanol–water partition coefficient (Wildman–Crippen LogP) is 2.88. The van der Waals surface area contributed by atoms with E-state index in [2.05, 4.69) is 10.0 Å². The normalized spacial score (nSPS) is 11.3. The first-order valence-electron chi connectivity index (χ1n) is 8.55. The quantitative estimate of drug-likeness (QED) is 0.659. The lowest BCUT2D eigenvalue weighted by atomic mass is 10.1. The number of halogens is 1. The van der Waals surface area contributed by atoms with Gasteiger partial charge in [-0.2, -0.15) is 0 Å². The Labute approximate surface area is 153 Å². The zero-order valence-electron chi connectivity index (χ0n) is 14.7. The van der Waals surface area contributed by atoms with E-state index >= 15 is 0 Å². The van der Waals surface area contributed by atoms with E-state index < -0.39 is 15.9 Å². The van der Waals surface area contributed by atoms with E-state index in [1.807, 2.05) is 6.92 Å². The Kier molecular flexibility index (Phi) is 7.29. The standard InChI is InChI=1S/C19H23FN2O3S/c1-2-3-12-22-26(24,25)17-9-6-8-16(14-17)19(23)21-13-11-15-7-4-5-10-18(15)20/h4-10,14,22H,2-3,11-13H2,1H3,(H,21,23). The summed E-state index contributed by atoms with van der Waals surface area (Å²) < 4.78 is 40.5. The van der Waals surface area contributed by atoms with Gasteiger partial charge in [0.1, 0.15) is 5.82 Å². The molecule has 0 aliphatic carbocycles. The van der Waals surface area contributed by atoms with Gasteiger partial charge in [-0.05, 0) is 42.7 Å². The average Bonchev–Trinajstić information content (AvgIpc) is 2.63. The molecule has 1 amide bonds. The van der Waals surface area contributed by atoms with Crippen LogP contribution in [0.1, 0.15) is 35.7 Å². The summed E-state index contributed by atoms with van der Waals surface area (Å²) in [5, 5.41) is 2.68. The molecule has 5 nitrogen and oxygen atoms in total. The number of hydrogen-bond acceptors (Lipinski definition) is 3. The van der Waals surface area contributed by atoms with Crippen LogP contribution >= 0.6 is 0 Å². The van der Waals surface area contributed by atoms with Gasteiger partial charge in [-0.25, -0.2) is 17.5 Å². The Balaban J connectivity index is 1.98. The molecule has 0 aromatic heterocycles. The second-order valence-electron chi connectivity index (χ2n) is 5.88. The van der Waals surface area contributed by atoms with Gasteiger partial charge in [0.05, 0.1) is 4.90 Å². The highest BCUT2D eigenvalue weighted by molar-refractivity contribution is 7.89. The molecule has 7 heteroatoms. The summed E-state index contributed by atoms with van der Waals surface area (Å²) in [5.41, 5.74) is 0.765. The summed E-state index contributed by atoms with van der Waals surface area (Å²) in [4.78, 5) is 12.3. The van der Waals surface area contributed by atoms with Crippen molar-refractivity contribution in [1.29, 1.82) is 0 Å². The molecule has 0 fully saturated rings. The maximum absolute atomic E-state index is 13.6. The molecule has 0 saturated carbocycles. The van der Waals surface area contributed by atoms with E-state index in [9.17, 15) is 17.6 Å². The Bertz CT molecular complexity index is 853. The number of amides is 1. The van der Waals surface area contributed by atoms with Crippen molar-refractivity contribution in [3.05, 3.63) is 65.5 Å². The minimum Gasteiger partial charge on any atom is -0.352 e. The van der Waals surface area contributed by atoms with Gasteiger partial charge >= 0.3 is 0 Å². The van der Waals surface area contributed by atoms with Gasteiger partial charge in [0, 0.05) is 18.7 Å². The van der Waals surface area contributed by atoms with Crippen LogP contribution in [-0.2, 0) is 16.4 Å². The molecule has 0 heterocycles. The zero-order chi connectivity index (χ0) is 19.0. The van der Waals surface area contributed by atoms with E-state index in [1.54, 1.807) is 24.3 Å². The number of unbranched alkanes of at least 4 members (excludes halogenated alkanes) is 1. The molecule has 0 radical (unpaired) electrons. The van der Waals surface area contributed by atoms with Crippen molar-refractivity contribution in [3.63, 3.8) is 0 Å². The Hall–Kier alpha value is -2.25. The molecule has 2 N–H and O–H groups in total. The van der Waals surface area contributed by atoms with Crippen LogP contribution in [0.5, 0.6) is 0 Å². The van der Waals surface area contributed by atoms with Crippen LogP contribution in [0.4, 0.5) is 4.39 Å². The van der Waals surface area contributed by atoms with Crippen molar-refractivity contribution in [1.82, 2.24) is 10.0 Å². The first-order chi connectivity index (χ1) is 12.4. The van der Waals surface area contributed by atoms with Gasteiger partial charge < -0.3 is 5.32 Å². The molecule has 2 rings (SSSR count). The van der Waals surface area contributed by atoms with Crippen LogP contribution in [0.15, 0.2) is 53.4 Å². The first-order valence-corrected chi connectivity index (χ1v) is 10.0. The smallest absolute Gasteiger partial charge is 0.251 e. The van der Waals surface area contributed by atoms with Crippen molar-refractivity contribution >= 4 is 15.9 Å². The molecule has 0 unspecified atom stereocenters. The Morgan fingerprint density at radius 3 is 2.58 bits per heavy atom. The highest BCUT2D eigenvalue weighted by Crippen LogP contribution is 2.12. The van der Waals surface area contributed by atoms with E-state index in [0.29, 0.717) is 18.5 Å². The summed E-state index contributed by atoms with van der Waals surface area (Å²) in [5.74, 6) is -0.708. The second kappa shape index (κ2) is 9.45. The zero-order valence-corrected chi connectivity index (χ0v) is 15.5. The second-order valence-corrected chi connectivity index (χ2v) is 7.64. The number of benzene rings is 2. The van der Waals surface area contributed by atoms with Gasteiger partial charge in [0.15, 0.2) is 0 Å². The molecule has 140 valence electrons. The van der Waals surface area contributed by atoms with Crippen molar-refractivity contribution < 1.29 is 17.6 Å². The Morgan fingerprint density at radius 1 is 1.08 bits per heavy atom. The maximum atomic E-state index is 13.6. The fourth-order valence-corrected chi connectivity index (χ4v) is 3.50. The largest absolute Gasteiger partial charge is 0.352 e. The number of hydrogen-bond donors (Lipinski definition) is 2. The lowest BCUT2D eigenvalue weighted by Gasteiger charge is -2.09. The van der Waals surface area contributed by atoms with Gasteiger partial charge in [0.25, 0.3) is 5.91 Å². The fraction of sp³-hybridized carbons (Fsp3) is 0.316. The molecule has 0 saturated heterocycles. The molecule has 26 heavy (non-hydrogen) atoms. The lowest BCUT2D eigenvalue weighted by molar-refractivity contribution is 0.0954. The third kappa shape index (κ3) is 5.64. The molecule has 0 spiro atoms. The fourth-order valence-electron chi connectivity index (χ4n) is 2.39. The van der Waals surface area contributed by atoms with E-state index in [0.717, 1.165) is 12.8 Å². The summed E-state index contributed by atoms with van der Waals surface area (Å²) >= 11 is 0. The highest BCUT2D eigenvalue weighted by atomic mass is 32.2. The number of carbonyl (C=O) groups excluding carboxylic acids is 1. The maximum Gasteiger partial charge on any atom is 0.251 e. The molecule has 2 aromatic carbocycles. The molecule has 0 aliphatic rings. The average molecular weight is 378 g/mol. The van der Waals surface area contributed by atoms with Gasteiger partial charge in [-0.1, -0.05) is 37.6 Å². The van der Waals surface area contributed by atoms with Crippen LogP contribution in [0.2, 0.25) is 0 Å². The van der Waals surface area contributed by atoms with Crippen LogP contribution in [-0.4, -0.2) is 27.4 Å². The summed E-state index contributed by atoms with van der Waals surface area (Å²) in [6, 6.07) is 12.2. The van der Waals surface area contributed by atoms with Crippen molar-refractivity contribution in [2.75, 3.05) is 13.1 Å². The summed E-state index contributed by atoms with van der Waals surface area (Å²) in [6.07, 6.45) is 1.98. The third-order valence-corrected chi connectivity index (χ3v) is 5.33. The number of carbonyl (C=O) groups is 1. The van der Waals surface area contributed by atoms with Crippen molar-refractivity contribution in [2.45, 2.75) is 31.1 Å². The number of sulfonamides is 1. The monoisotopic (exact) mass is 378 g/mol. The molecule has 2 aromatic rings. The number of nitrogens with one attached hydrogen (secondary N) is 2. The minimum atomic E-state index is -3.64. The number of rotatable bonds is 9. The summed E-state index contributed by atoms with van der Waals surface area (Å²) in [7, 11) is -3.64. The van der Waals surface area contributed by atoms with Gasteiger partial charge in [0.2, 0.25) is 10.0 Å². The van der Waals surface area contributed by atoms with Crippen molar-refractivity contribution in [3.8, 4) is 0 Å². The van der Waals surface area contributed by atoms with Crippen LogP contribution in [0.25, 0.3) is 0 Å². The summed E-state index contributed by atoms with van der Waals surface area (Å²) in [6.45, 7) is 2.59. The van der Waals surface area contributed by atoms with Crippen LogP contribution in [0, 0.1) is 5.82 Å². The SMILES string of the molecule is CCCCNS(=O)(=O)c1cccc(C(=O)NCCc2ccccc2F)c1. The molecule has 0 aliphatic heterocycles. The van der Waals surface area contributed by atoms with Crippen LogP contribution < -0.4 is 10.0 Å². The first kappa shape index (κ1) is 20.1. The van der Waals surface area contributed by atoms with Gasteiger partial charge in [-0.15, -0.1) is 0 Å². The topological polar surface area (TPSA) is 75.3 Å². The van der Waals surface area contributed by atoms with Crippen LogP contribution in [0.3, 0.4) is 0 Å².